The minimum Gasteiger partial charge on any atom is -0.339 e. The third-order valence-electron chi connectivity index (χ3n) is 3.34. The van der Waals surface area contributed by atoms with Crippen LogP contribution in [0.15, 0.2) is 30.3 Å². The molecule has 0 aliphatic carbocycles. The summed E-state index contributed by atoms with van der Waals surface area (Å²) in [6.07, 6.45) is -0.00484. The number of likely N-dealkylation sites (tertiary alicyclic amines) is 1. The summed E-state index contributed by atoms with van der Waals surface area (Å²) in [6, 6.07) is 12.6. The molecule has 18 heavy (non-hydrogen) atoms. The molecule has 0 atom stereocenters. The van der Waals surface area contributed by atoms with Gasteiger partial charge in [0.05, 0.1) is 6.07 Å². The second kappa shape index (κ2) is 5.65. The van der Waals surface area contributed by atoms with Gasteiger partial charge in [0.25, 0.3) is 0 Å². The van der Waals surface area contributed by atoms with Crippen LogP contribution < -0.4 is 0 Å². The summed E-state index contributed by atoms with van der Waals surface area (Å²) in [4.78, 5) is 15.4. The van der Waals surface area contributed by atoms with Gasteiger partial charge < -0.3 is 4.90 Å². The van der Waals surface area contributed by atoms with Crippen LogP contribution in [0.2, 0.25) is 0 Å². The van der Waals surface area contributed by atoms with Crippen molar-refractivity contribution in [2.45, 2.75) is 19.0 Å². The Balaban J connectivity index is 1.79. The number of hydrogen-bond donors (Lipinski definition) is 0. The summed E-state index contributed by atoms with van der Waals surface area (Å²) in [5.41, 5.74) is 1.28. The Morgan fingerprint density at radius 1 is 1.44 bits per heavy atom. The van der Waals surface area contributed by atoms with Crippen molar-refractivity contribution in [3.05, 3.63) is 35.9 Å². The molecule has 2 rings (SSSR count). The van der Waals surface area contributed by atoms with Gasteiger partial charge in [0, 0.05) is 25.7 Å². The van der Waals surface area contributed by atoms with Crippen molar-refractivity contribution in [1.29, 1.82) is 5.26 Å². The molecule has 1 aromatic carbocycles. The number of carbonyl (C=O) groups excluding carboxylic acids is 1. The zero-order valence-electron chi connectivity index (χ0n) is 10.5. The summed E-state index contributed by atoms with van der Waals surface area (Å²) in [6.45, 7) is 2.37. The van der Waals surface area contributed by atoms with Crippen LogP contribution in [0.3, 0.4) is 0 Å². The molecule has 0 saturated carbocycles. The lowest BCUT2D eigenvalue weighted by Gasteiger charge is -2.43. The van der Waals surface area contributed by atoms with Gasteiger partial charge in [-0.15, -0.1) is 0 Å². The number of carbonyl (C=O) groups is 1. The highest BCUT2D eigenvalue weighted by atomic mass is 16.2. The number of benzene rings is 1. The van der Waals surface area contributed by atoms with Crippen molar-refractivity contribution in [2.24, 2.45) is 0 Å². The minimum atomic E-state index is -0.0538. The highest BCUT2D eigenvalue weighted by Crippen LogP contribution is 2.16. The smallest absolute Gasteiger partial charge is 0.236 e. The third-order valence-corrected chi connectivity index (χ3v) is 3.34. The van der Waals surface area contributed by atoms with Gasteiger partial charge in [-0.05, 0) is 12.6 Å². The Morgan fingerprint density at radius 3 is 2.72 bits per heavy atom. The van der Waals surface area contributed by atoms with E-state index in [0.717, 1.165) is 19.6 Å². The second-order valence-electron chi connectivity index (χ2n) is 4.69. The van der Waals surface area contributed by atoms with Gasteiger partial charge in [-0.3, -0.25) is 9.69 Å². The van der Waals surface area contributed by atoms with Gasteiger partial charge in [0.2, 0.25) is 5.91 Å². The molecule has 1 amide bonds. The molecular weight excluding hydrogens is 226 g/mol. The maximum absolute atomic E-state index is 11.4. The average molecular weight is 243 g/mol. The number of likely N-dealkylation sites (N-methyl/N-ethyl adjacent to an activating group) is 1. The fourth-order valence-electron chi connectivity index (χ4n) is 2.12. The topological polar surface area (TPSA) is 47.3 Å². The van der Waals surface area contributed by atoms with Crippen molar-refractivity contribution in [2.75, 3.05) is 20.1 Å². The maximum atomic E-state index is 11.4. The monoisotopic (exact) mass is 243 g/mol. The standard InChI is InChI=1S/C14H17N3O/c1-16(9-12-5-3-2-4-6-12)13-10-17(11-13)14(18)7-8-15/h2-6,13H,7,9-11H2,1H3. The fraction of sp³-hybridized carbons (Fsp3) is 0.429. The van der Waals surface area contributed by atoms with Crippen molar-refractivity contribution >= 4 is 5.91 Å². The minimum absolute atomic E-state index is 0.00484. The van der Waals surface area contributed by atoms with E-state index < -0.39 is 0 Å². The number of nitrogens with zero attached hydrogens (tertiary/aromatic N) is 3. The van der Waals surface area contributed by atoms with Crippen molar-refractivity contribution in [3.8, 4) is 6.07 Å². The van der Waals surface area contributed by atoms with Crippen LogP contribution in [-0.2, 0) is 11.3 Å². The van der Waals surface area contributed by atoms with Gasteiger partial charge in [-0.2, -0.15) is 5.26 Å². The first-order valence-electron chi connectivity index (χ1n) is 6.09. The molecule has 0 aromatic heterocycles. The lowest BCUT2D eigenvalue weighted by atomic mass is 10.1. The van der Waals surface area contributed by atoms with Crippen LogP contribution >= 0.6 is 0 Å². The zero-order valence-corrected chi connectivity index (χ0v) is 10.5. The molecule has 1 aliphatic rings. The molecule has 0 radical (unpaired) electrons. The molecule has 1 fully saturated rings. The van der Waals surface area contributed by atoms with Crippen LogP contribution in [-0.4, -0.2) is 41.9 Å². The summed E-state index contributed by atoms with van der Waals surface area (Å²) >= 11 is 0. The van der Waals surface area contributed by atoms with E-state index in [1.165, 1.54) is 5.56 Å². The van der Waals surface area contributed by atoms with Crippen molar-refractivity contribution in [3.63, 3.8) is 0 Å². The molecule has 1 heterocycles. The van der Waals surface area contributed by atoms with Crippen LogP contribution in [0.4, 0.5) is 0 Å². The quantitative estimate of drug-likeness (QED) is 0.799. The highest BCUT2D eigenvalue weighted by Gasteiger charge is 2.32. The number of amides is 1. The van der Waals surface area contributed by atoms with Crippen LogP contribution in [0.5, 0.6) is 0 Å². The fourth-order valence-corrected chi connectivity index (χ4v) is 2.12. The molecule has 1 saturated heterocycles. The first kappa shape index (κ1) is 12.6. The van der Waals surface area contributed by atoms with E-state index in [4.69, 9.17) is 5.26 Å². The summed E-state index contributed by atoms with van der Waals surface area (Å²) in [7, 11) is 2.07. The lowest BCUT2D eigenvalue weighted by molar-refractivity contribution is -0.137. The first-order chi connectivity index (χ1) is 8.70. The third kappa shape index (κ3) is 2.88. The number of rotatable bonds is 4. The SMILES string of the molecule is CN(Cc1ccccc1)C1CN(C(=O)CC#N)C1. The molecule has 4 nitrogen and oxygen atoms in total. The zero-order chi connectivity index (χ0) is 13.0. The largest absolute Gasteiger partial charge is 0.339 e. The lowest BCUT2D eigenvalue weighted by Crippen LogP contribution is -2.59. The van der Waals surface area contributed by atoms with E-state index in [1.54, 1.807) is 4.90 Å². The van der Waals surface area contributed by atoms with E-state index in [0.29, 0.717) is 6.04 Å². The van der Waals surface area contributed by atoms with Gasteiger partial charge in [0.1, 0.15) is 6.42 Å². The Labute approximate surface area is 107 Å². The summed E-state index contributed by atoms with van der Waals surface area (Å²) < 4.78 is 0. The molecule has 0 spiro atoms. The van der Waals surface area contributed by atoms with Crippen LogP contribution in [0, 0.1) is 11.3 Å². The summed E-state index contributed by atoms with van der Waals surface area (Å²) in [5.74, 6) is -0.0538. The molecule has 0 N–H and O–H groups in total. The van der Waals surface area contributed by atoms with Crippen LogP contribution in [0.1, 0.15) is 12.0 Å². The van der Waals surface area contributed by atoms with Crippen molar-refractivity contribution in [1.82, 2.24) is 9.80 Å². The van der Waals surface area contributed by atoms with Crippen LogP contribution in [0.25, 0.3) is 0 Å². The van der Waals surface area contributed by atoms with Crippen molar-refractivity contribution < 1.29 is 4.79 Å². The van der Waals surface area contributed by atoms with Gasteiger partial charge in [-0.25, -0.2) is 0 Å². The Bertz CT molecular complexity index is 446. The molecule has 4 heteroatoms. The number of nitriles is 1. The molecule has 0 bridgehead atoms. The van der Waals surface area contributed by atoms with Gasteiger partial charge in [0.15, 0.2) is 0 Å². The molecular formula is C14H17N3O. The van der Waals surface area contributed by atoms with E-state index in [2.05, 4.69) is 24.1 Å². The molecule has 1 aliphatic heterocycles. The molecule has 0 unspecified atom stereocenters. The highest BCUT2D eigenvalue weighted by molar-refractivity contribution is 5.79. The Morgan fingerprint density at radius 2 is 2.11 bits per heavy atom. The second-order valence-corrected chi connectivity index (χ2v) is 4.69. The van der Waals surface area contributed by atoms with E-state index >= 15 is 0 Å². The average Bonchev–Trinajstić information content (AvgIpc) is 2.28. The Hall–Kier alpha value is -1.86. The molecule has 94 valence electrons. The van der Waals surface area contributed by atoms with E-state index in [9.17, 15) is 4.79 Å². The van der Waals surface area contributed by atoms with Gasteiger partial charge >= 0.3 is 0 Å². The Kier molecular flexibility index (Phi) is 3.96. The van der Waals surface area contributed by atoms with E-state index in [1.807, 2.05) is 24.3 Å². The summed E-state index contributed by atoms with van der Waals surface area (Å²) in [5, 5.41) is 8.47. The van der Waals surface area contributed by atoms with E-state index in [-0.39, 0.29) is 12.3 Å². The predicted molar refractivity (Wildman–Crippen MR) is 68.5 cm³/mol. The van der Waals surface area contributed by atoms with Gasteiger partial charge in [-0.1, -0.05) is 30.3 Å². The first-order valence-corrected chi connectivity index (χ1v) is 6.09. The molecule has 1 aromatic rings. The maximum Gasteiger partial charge on any atom is 0.236 e. The normalized spacial score (nSPS) is 15.3. The number of hydrogen-bond acceptors (Lipinski definition) is 3. The predicted octanol–water partition coefficient (Wildman–Crippen LogP) is 1.24.